The lowest BCUT2D eigenvalue weighted by Gasteiger charge is -2.17. The molecule has 0 heterocycles. The van der Waals surface area contributed by atoms with Crippen LogP contribution in [-0.2, 0) is 17.7 Å². The molecular formula is C16H28IN3O. The molecule has 5 heteroatoms. The molecule has 1 rings (SSSR count). The van der Waals surface area contributed by atoms with Gasteiger partial charge < -0.3 is 15.4 Å². The van der Waals surface area contributed by atoms with Gasteiger partial charge >= 0.3 is 0 Å². The fraction of sp³-hybridized carbons (Fsp3) is 0.562. The van der Waals surface area contributed by atoms with E-state index in [0.717, 1.165) is 18.9 Å². The number of guanidine groups is 1. The first-order valence-corrected chi connectivity index (χ1v) is 7.31. The van der Waals surface area contributed by atoms with Gasteiger partial charge in [0.2, 0.25) is 0 Å². The zero-order valence-electron chi connectivity index (χ0n) is 13.5. The Bertz CT molecular complexity index is 424. The number of halogens is 1. The van der Waals surface area contributed by atoms with Crippen molar-refractivity contribution < 1.29 is 4.74 Å². The van der Waals surface area contributed by atoms with Gasteiger partial charge in [0.15, 0.2) is 5.96 Å². The molecule has 0 aromatic heterocycles. The second kappa shape index (κ2) is 11.8. The number of nitrogens with one attached hydrogen (secondary N) is 2. The number of rotatable bonds is 7. The zero-order chi connectivity index (χ0) is 14.8. The third-order valence-corrected chi connectivity index (χ3v) is 3.05. The maximum absolute atomic E-state index is 5.14. The van der Waals surface area contributed by atoms with E-state index < -0.39 is 0 Å². The van der Waals surface area contributed by atoms with E-state index in [2.05, 4.69) is 60.7 Å². The summed E-state index contributed by atoms with van der Waals surface area (Å²) < 4.78 is 5.14. The SMILES string of the molecule is CCNC(=NCc1ccccc1CC)NC(C)COC.I. The van der Waals surface area contributed by atoms with Gasteiger partial charge in [0, 0.05) is 19.7 Å². The van der Waals surface area contributed by atoms with E-state index in [1.54, 1.807) is 7.11 Å². The Morgan fingerprint density at radius 1 is 1.24 bits per heavy atom. The van der Waals surface area contributed by atoms with Gasteiger partial charge in [0.05, 0.1) is 13.2 Å². The highest BCUT2D eigenvalue weighted by Crippen LogP contribution is 2.10. The lowest BCUT2D eigenvalue weighted by molar-refractivity contribution is 0.179. The van der Waals surface area contributed by atoms with E-state index in [-0.39, 0.29) is 30.0 Å². The molecule has 4 nitrogen and oxygen atoms in total. The molecule has 1 unspecified atom stereocenters. The van der Waals surface area contributed by atoms with Crippen molar-refractivity contribution in [1.82, 2.24) is 10.6 Å². The van der Waals surface area contributed by atoms with E-state index in [9.17, 15) is 0 Å². The molecule has 120 valence electrons. The standard InChI is InChI=1S/C16H27N3O.HI/c1-5-14-9-7-8-10-15(14)11-18-16(17-6-2)19-13(3)12-20-4;/h7-10,13H,5-6,11-12H2,1-4H3,(H2,17,18,19);1H. The predicted molar refractivity (Wildman–Crippen MR) is 101 cm³/mol. The summed E-state index contributed by atoms with van der Waals surface area (Å²) in [6.07, 6.45) is 1.04. The first-order chi connectivity index (χ1) is 9.71. The summed E-state index contributed by atoms with van der Waals surface area (Å²) in [6, 6.07) is 8.69. The van der Waals surface area contributed by atoms with Crippen molar-refractivity contribution in [2.75, 3.05) is 20.3 Å². The highest BCUT2D eigenvalue weighted by molar-refractivity contribution is 14.0. The highest BCUT2D eigenvalue weighted by Gasteiger charge is 2.05. The Kier molecular flexibility index (Phi) is 11.3. The summed E-state index contributed by atoms with van der Waals surface area (Å²) in [5.41, 5.74) is 2.64. The first kappa shape index (κ1) is 20.2. The average Bonchev–Trinajstić information content (AvgIpc) is 2.45. The third-order valence-electron chi connectivity index (χ3n) is 3.05. The van der Waals surface area contributed by atoms with Gasteiger partial charge in [0.1, 0.15) is 0 Å². The maximum atomic E-state index is 5.14. The van der Waals surface area contributed by atoms with Gasteiger partial charge in [-0.2, -0.15) is 0 Å². The number of methoxy groups -OCH3 is 1. The van der Waals surface area contributed by atoms with Crippen LogP contribution in [0.5, 0.6) is 0 Å². The van der Waals surface area contributed by atoms with E-state index in [1.165, 1.54) is 11.1 Å². The molecule has 1 aromatic carbocycles. The van der Waals surface area contributed by atoms with Crippen molar-refractivity contribution in [1.29, 1.82) is 0 Å². The van der Waals surface area contributed by atoms with Crippen molar-refractivity contribution in [3.05, 3.63) is 35.4 Å². The summed E-state index contributed by atoms with van der Waals surface area (Å²) in [5.74, 6) is 0.836. The molecule has 1 aromatic rings. The van der Waals surface area contributed by atoms with Crippen molar-refractivity contribution >= 4 is 29.9 Å². The Balaban J connectivity index is 0.00000400. The van der Waals surface area contributed by atoms with E-state index in [1.807, 2.05) is 0 Å². The molecule has 0 fully saturated rings. The van der Waals surface area contributed by atoms with Crippen LogP contribution in [0.2, 0.25) is 0 Å². The van der Waals surface area contributed by atoms with Gasteiger partial charge in [-0.3, -0.25) is 0 Å². The molecule has 0 saturated heterocycles. The molecule has 0 radical (unpaired) electrons. The smallest absolute Gasteiger partial charge is 0.191 e. The molecule has 0 aliphatic rings. The van der Waals surface area contributed by atoms with Crippen molar-refractivity contribution in [2.24, 2.45) is 4.99 Å². The Labute approximate surface area is 145 Å². The first-order valence-electron chi connectivity index (χ1n) is 7.31. The van der Waals surface area contributed by atoms with Crippen LogP contribution < -0.4 is 10.6 Å². The molecule has 0 aliphatic carbocycles. The number of benzene rings is 1. The van der Waals surface area contributed by atoms with Crippen LogP contribution in [0, 0.1) is 0 Å². The number of aryl methyl sites for hydroxylation is 1. The van der Waals surface area contributed by atoms with Gasteiger partial charge in [-0.1, -0.05) is 31.2 Å². The van der Waals surface area contributed by atoms with Gasteiger partial charge in [0.25, 0.3) is 0 Å². The van der Waals surface area contributed by atoms with Crippen LogP contribution in [0.25, 0.3) is 0 Å². The second-order valence-electron chi connectivity index (χ2n) is 4.82. The Morgan fingerprint density at radius 2 is 1.90 bits per heavy atom. The molecule has 21 heavy (non-hydrogen) atoms. The molecule has 1 atom stereocenters. The monoisotopic (exact) mass is 405 g/mol. The summed E-state index contributed by atoms with van der Waals surface area (Å²) in [4.78, 5) is 4.65. The number of nitrogens with zero attached hydrogens (tertiary/aromatic N) is 1. The minimum atomic E-state index is 0. The van der Waals surface area contributed by atoms with Crippen LogP contribution in [0.15, 0.2) is 29.3 Å². The largest absolute Gasteiger partial charge is 0.383 e. The van der Waals surface area contributed by atoms with Crippen LogP contribution >= 0.6 is 24.0 Å². The highest BCUT2D eigenvalue weighted by atomic mass is 127. The van der Waals surface area contributed by atoms with Crippen LogP contribution in [0.1, 0.15) is 31.9 Å². The van der Waals surface area contributed by atoms with Gasteiger partial charge in [-0.05, 0) is 31.4 Å². The average molecular weight is 405 g/mol. The van der Waals surface area contributed by atoms with Crippen LogP contribution in [0.4, 0.5) is 0 Å². The molecular weight excluding hydrogens is 377 g/mol. The zero-order valence-corrected chi connectivity index (χ0v) is 15.8. The van der Waals surface area contributed by atoms with Crippen molar-refractivity contribution in [3.8, 4) is 0 Å². The molecule has 0 amide bonds. The van der Waals surface area contributed by atoms with E-state index in [0.29, 0.717) is 13.2 Å². The van der Waals surface area contributed by atoms with Gasteiger partial charge in [-0.15, -0.1) is 24.0 Å². The summed E-state index contributed by atoms with van der Waals surface area (Å²) in [5, 5.41) is 6.60. The fourth-order valence-corrected chi connectivity index (χ4v) is 2.07. The molecule has 0 spiro atoms. The fourth-order valence-electron chi connectivity index (χ4n) is 2.07. The number of ether oxygens (including phenoxy) is 1. The summed E-state index contributed by atoms with van der Waals surface area (Å²) >= 11 is 0. The van der Waals surface area contributed by atoms with Crippen LogP contribution in [-0.4, -0.2) is 32.3 Å². The minimum absolute atomic E-state index is 0. The van der Waals surface area contributed by atoms with Crippen LogP contribution in [0.3, 0.4) is 0 Å². The van der Waals surface area contributed by atoms with E-state index in [4.69, 9.17) is 4.74 Å². The topological polar surface area (TPSA) is 45.7 Å². The molecule has 2 N–H and O–H groups in total. The van der Waals surface area contributed by atoms with Crippen molar-refractivity contribution in [2.45, 2.75) is 39.8 Å². The normalized spacial score (nSPS) is 12.5. The number of hydrogen-bond acceptors (Lipinski definition) is 2. The number of aliphatic imine (C=N–C) groups is 1. The molecule has 0 aliphatic heterocycles. The summed E-state index contributed by atoms with van der Waals surface area (Å²) in [6.45, 7) is 8.52. The predicted octanol–water partition coefficient (Wildman–Crippen LogP) is 2.96. The Hall–Kier alpha value is -0.820. The summed E-state index contributed by atoms with van der Waals surface area (Å²) in [7, 11) is 1.71. The van der Waals surface area contributed by atoms with Crippen molar-refractivity contribution in [3.63, 3.8) is 0 Å². The Morgan fingerprint density at radius 3 is 2.48 bits per heavy atom. The lowest BCUT2D eigenvalue weighted by atomic mass is 10.1. The minimum Gasteiger partial charge on any atom is -0.383 e. The molecule has 0 saturated carbocycles. The second-order valence-corrected chi connectivity index (χ2v) is 4.82. The number of hydrogen-bond donors (Lipinski definition) is 2. The van der Waals surface area contributed by atoms with Gasteiger partial charge in [-0.25, -0.2) is 4.99 Å². The quantitative estimate of drug-likeness (QED) is 0.417. The molecule has 0 bridgehead atoms. The lowest BCUT2D eigenvalue weighted by Crippen LogP contribution is -2.43. The third kappa shape index (κ3) is 7.66. The van der Waals surface area contributed by atoms with E-state index >= 15 is 0 Å². The maximum Gasteiger partial charge on any atom is 0.191 e.